The van der Waals surface area contributed by atoms with Crippen molar-refractivity contribution in [2.24, 2.45) is 0 Å². The van der Waals surface area contributed by atoms with Gasteiger partial charge in [-0.05, 0) is 55.3 Å². The molecule has 0 spiro atoms. The summed E-state index contributed by atoms with van der Waals surface area (Å²) in [5.41, 5.74) is 1.93. The molecule has 1 amide bonds. The highest BCUT2D eigenvalue weighted by atomic mass is 32.2. The molecule has 2 aromatic rings. The van der Waals surface area contributed by atoms with E-state index in [9.17, 15) is 21.6 Å². The molecule has 1 atom stereocenters. The molecule has 1 saturated heterocycles. The summed E-state index contributed by atoms with van der Waals surface area (Å²) in [6.45, 7) is 2.09. The van der Waals surface area contributed by atoms with Crippen molar-refractivity contribution >= 4 is 43.0 Å². The van der Waals surface area contributed by atoms with Crippen LogP contribution in [-0.4, -0.2) is 35.0 Å². The van der Waals surface area contributed by atoms with Crippen molar-refractivity contribution in [3.8, 4) is 0 Å². The van der Waals surface area contributed by atoms with Crippen LogP contribution >= 0.6 is 0 Å². The van der Waals surface area contributed by atoms with E-state index in [0.717, 1.165) is 0 Å². The summed E-state index contributed by atoms with van der Waals surface area (Å²) in [5.74, 6) is -0.505. The molecule has 0 aromatic heterocycles. The zero-order valence-corrected chi connectivity index (χ0v) is 16.7. The molecule has 0 radical (unpaired) electrons. The third-order valence-electron chi connectivity index (χ3n) is 4.94. The molecule has 1 fully saturated rings. The zero-order chi connectivity index (χ0) is 20.1. The van der Waals surface area contributed by atoms with Crippen LogP contribution in [0.15, 0.2) is 47.4 Å². The Bertz CT molecular complexity index is 1180. The standard InChI is InChI=1S/C18H19N3O5S2/c1-12-16-11-15(6-7-17(16)19-18(12)22)28(25,26)20-13-4-2-5-14(10-13)21-8-3-9-27(21,23)24/h2,4-7,10-12,20H,3,8-9H2,1H3,(H,19,22)/t12-/m1/s1. The monoisotopic (exact) mass is 421 g/mol. The minimum Gasteiger partial charge on any atom is -0.325 e. The van der Waals surface area contributed by atoms with Gasteiger partial charge >= 0.3 is 0 Å². The number of hydrogen-bond donors (Lipinski definition) is 2. The average molecular weight is 422 g/mol. The fraction of sp³-hybridized carbons (Fsp3) is 0.278. The number of rotatable bonds is 4. The van der Waals surface area contributed by atoms with Crippen LogP contribution in [0.5, 0.6) is 0 Å². The van der Waals surface area contributed by atoms with E-state index in [1.807, 2.05) is 0 Å². The van der Waals surface area contributed by atoms with Crippen LogP contribution in [0.4, 0.5) is 17.1 Å². The number of benzene rings is 2. The molecule has 0 saturated carbocycles. The summed E-state index contributed by atoms with van der Waals surface area (Å²) >= 11 is 0. The molecule has 4 rings (SSSR count). The summed E-state index contributed by atoms with van der Waals surface area (Å²) < 4.78 is 53.6. The normalized spacial score (nSPS) is 20.7. The second-order valence-electron chi connectivity index (χ2n) is 6.86. The van der Waals surface area contributed by atoms with Crippen LogP contribution in [0.3, 0.4) is 0 Å². The lowest BCUT2D eigenvalue weighted by Gasteiger charge is -2.18. The minimum absolute atomic E-state index is 0.0359. The predicted molar refractivity (Wildman–Crippen MR) is 106 cm³/mol. The number of nitrogens with zero attached hydrogens (tertiary/aromatic N) is 1. The molecule has 0 bridgehead atoms. The maximum atomic E-state index is 12.8. The van der Waals surface area contributed by atoms with Crippen LogP contribution < -0.4 is 14.3 Å². The first-order valence-corrected chi connectivity index (χ1v) is 11.8. The van der Waals surface area contributed by atoms with Crippen molar-refractivity contribution in [3.63, 3.8) is 0 Å². The van der Waals surface area contributed by atoms with E-state index in [-0.39, 0.29) is 22.2 Å². The molecule has 2 aromatic carbocycles. The van der Waals surface area contributed by atoms with E-state index in [1.54, 1.807) is 31.2 Å². The Morgan fingerprint density at radius 2 is 1.96 bits per heavy atom. The molecule has 2 aliphatic rings. The van der Waals surface area contributed by atoms with Gasteiger partial charge in [0.1, 0.15) is 0 Å². The van der Waals surface area contributed by atoms with Gasteiger partial charge in [-0.25, -0.2) is 16.8 Å². The van der Waals surface area contributed by atoms with E-state index in [1.165, 1.54) is 22.5 Å². The van der Waals surface area contributed by atoms with E-state index in [0.29, 0.717) is 29.9 Å². The highest BCUT2D eigenvalue weighted by molar-refractivity contribution is 7.93. The summed E-state index contributed by atoms with van der Waals surface area (Å²) in [4.78, 5) is 11.8. The molecule has 148 valence electrons. The van der Waals surface area contributed by atoms with Crippen LogP contribution in [0.2, 0.25) is 0 Å². The Morgan fingerprint density at radius 3 is 2.68 bits per heavy atom. The number of hydrogen-bond acceptors (Lipinski definition) is 5. The molecule has 10 heteroatoms. The van der Waals surface area contributed by atoms with E-state index in [2.05, 4.69) is 10.0 Å². The maximum Gasteiger partial charge on any atom is 0.261 e. The van der Waals surface area contributed by atoms with Crippen LogP contribution in [0.1, 0.15) is 24.8 Å². The summed E-state index contributed by atoms with van der Waals surface area (Å²) in [6.07, 6.45) is 0.540. The van der Waals surface area contributed by atoms with Gasteiger partial charge in [-0.1, -0.05) is 6.07 Å². The summed E-state index contributed by atoms with van der Waals surface area (Å²) in [5, 5.41) is 2.71. The van der Waals surface area contributed by atoms with Gasteiger partial charge in [0, 0.05) is 12.2 Å². The lowest BCUT2D eigenvalue weighted by atomic mass is 10.0. The van der Waals surface area contributed by atoms with Crippen molar-refractivity contribution in [1.82, 2.24) is 0 Å². The molecular formula is C18H19N3O5S2. The van der Waals surface area contributed by atoms with Gasteiger partial charge in [-0.2, -0.15) is 0 Å². The number of carbonyl (C=O) groups is 1. The van der Waals surface area contributed by atoms with E-state index < -0.39 is 26.0 Å². The number of nitrogens with one attached hydrogen (secondary N) is 2. The van der Waals surface area contributed by atoms with Gasteiger partial charge in [-0.3, -0.25) is 13.8 Å². The first-order valence-electron chi connectivity index (χ1n) is 8.75. The van der Waals surface area contributed by atoms with Crippen LogP contribution in [0, 0.1) is 0 Å². The predicted octanol–water partition coefficient (Wildman–Crippen LogP) is 2.08. The van der Waals surface area contributed by atoms with E-state index >= 15 is 0 Å². The highest BCUT2D eigenvalue weighted by Gasteiger charge is 2.30. The maximum absolute atomic E-state index is 12.8. The molecule has 2 aliphatic heterocycles. The van der Waals surface area contributed by atoms with Crippen LogP contribution in [0.25, 0.3) is 0 Å². The van der Waals surface area contributed by atoms with Crippen molar-refractivity contribution < 1.29 is 21.6 Å². The highest BCUT2D eigenvalue weighted by Crippen LogP contribution is 2.34. The van der Waals surface area contributed by atoms with Gasteiger partial charge in [0.25, 0.3) is 10.0 Å². The number of sulfonamides is 2. The molecule has 2 heterocycles. The molecule has 28 heavy (non-hydrogen) atoms. The van der Waals surface area contributed by atoms with Gasteiger partial charge in [0.2, 0.25) is 15.9 Å². The number of amides is 1. The van der Waals surface area contributed by atoms with Gasteiger partial charge in [-0.15, -0.1) is 0 Å². The third-order valence-corrected chi connectivity index (χ3v) is 8.19. The fourth-order valence-corrected chi connectivity index (χ4v) is 6.07. The Balaban J connectivity index is 1.63. The Kier molecular flexibility index (Phi) is 4.35. The van der Waals surface area contributed by atoms with Crippen molar-refractivity contribution in [1.29, 1.82) is 0 Å². The van der Waals surface area contributed by atoms with Gasteiger partial charge < -0.3 is 5.32 Å². The fourth-order valence-electron chi connectivity index (χ4n) is 3.43. The van der Waals surface area contributed by atoms with E-state index in [4.69, 9.17) is 0 Å². The van der Waals surface area contributed by atoms with Crippen molar-refractivity contribution in [2.45, 2.75) is 24.2 Å². The molecule has 0 unspecified atom stereocenters. The molecular weight excluding hydrogens is 402 g/mol. The zero-order valence-electron chi connectivity index (χ0n) is 15.0. The largest absolute Gasteiger partial charge is 0.325 e. The lowest BCUT2D eigenvalue weighted by molar-refractivity contribution is -0.116. The minimum atomic E-state index is -3.90. The average Bonchev–Trinajstić information content (AvgIpc) is 3.13. The topological polar surface area (TPSA) is 113 Å². The smallest absolute Gasteiger partial charge is 0.261 e. The first-order chi connectivity index (χ1) is 13.2. The second-order valence-corrected chi connectivity index (χ2v) is 10.6. The SMILES string of the molecule is C[C@H]1C(=O)Nc2ccc(S(=O)(=O)Nc3cccc(N4CCCS4(=O)=O)c3)cc21. The summed E-state index contributed by atoms with van der Waals surface area (Å²) in [6, 6.07) is 10.8. The Morgan fingerprint density at radius 1 is 1.18 bits per heavy atom. The quantitative estimate of drug-likeness (QED) is 0.785. The Labute approximate surface area is 163 Å². The molecule has 2 N–H and O–H groups in total. The molecule has 8 nitrogen and oxygen atoms in total. The van der Waals surface area contributed by atoms with Crippen molar-refractivity contribution in [3.05, 3.63) is 48.0 Å². The number of anilines is 3. The number of fused-ring (bicyclic) bond motifs is 1. The number of carbonyl (C=O) groups excluding carboxylic acids is 1. The Hall–Kier alpha value is -2.59. The van der Waals surface area contributed by atoms with Gasteiger partial charge in [0.15, 0.2) is 0 Å². The van der Waals surface area contributed by atoms with Crippen LogP contribution in [-0.2, 0) is 24.8 Å². The first kappa shape index (κ1) is 18.8. The third kappa shape index (κ3) is 3.22. The van der Waals surface area contributed by atoms with Crippen molar-refractivity contribution in [2.75, 3.05) is 26.6 Å². The lowest BCUT2D eigenvalue weighted by Crippen LogP contribution is -2.25. The van der Waals surface area contributed by atoms with Gasteiger partial charge in [0.05, 0.1) is 27.9 Å². The summed E-state index contributed by atoms with van der Waals surface area (Å²) in [7, 11) is -7.26. The second kappa shape index (κ2) is 6.49. The molecule has 0 aliphatic carbocycles.